The molecule has 0 radical (unpaired) electrons. The second kappa shape index (κ2) is 7.43. The van der Waals surface area contributed by atoms with E-state index in [4.69, 9.17) is 0 Å². The van der Waals surface area contributed by atoms with Gasteiger partial charge in [-0.1, -0.05) is 31.6 Å². The molecule has 0 aromatic carbocycles. The summed E-state index contributed by atoms with van der Waals surface area (Å²) in [6.07, 6.45) is 7.62. The highest BCUT2D eigenvalue weighted by Gasteiger charge is 2.05. The third-order valence-corrected chi connectivity index (χ3v) is 2.24. The van der Waals surface area contributed by atoms with Crippen molar-refractivity contribution >= 4 is 0 Å². The fourth-order valence-corrected chi connectivity index (χ4v) is 1.18. The van der Waals surface area contributed by atoms with E-state index in [1.807, 2.05) is 13.8 Å². The lowest BCUT2D eigenvalue weighted by molar-refractivity contribution is 0.886. The normalized spacial score (nSPS) is 16.8. The van der Waals surface area contributed by atoms with Crippen molar-refractivity contribution in [3.05, 3.63) is 35.1 Å². The molecule has 0 aromatic rings. The Labute approximate surface area is 88.6 Å². The molecule has 14 heavy (non-hydrogen) atoms. The van der Waals surface area contributed by atoms with E-state index in [0.717, 1.165) is 6.54 Å². The lowest BCUT2D eigenvalue weighted by atomic mass is 10.2. The molecule has 0 unspecified atom stereocenters. The van der Waals surface area contributed by atoms with Crippen LogP contribution in [0.25, 0.3) is 0 Å². The van der Waals surface area contributed by atoms with Crippen LogP contribution in [-0.4, -0.2) is 6.54 Å². The summed E-state index contributed by atoms with van der Waals surface area (Å²) in [7, 11) is 0. The van der Waals surface area contributed by atoms with Crippen molar-refractivity contribution in [1.82, 2.24) is 5.32 Å². The molecular formula is C13H23N. The highest BCUT2D eigenvalue weighted by Crippen LogP contribution is 2.13. The Bertz CT molecular complexity index is 244. The molecule has 1 aliphatic rings. The number of hydrogen-bond donors (Lipinski definition) is 1. The molecule has 1 nitrogen and oxygen atoms in total. The summed E-state index contributed by atoms with van der Waals surface area (Å²) in [5, 5.41) is 3.35. The Hall–Kier alpha value is -0.980. The van der Waals surface area contributed by atoms with E-state index in [0.29, 0.717) is 0 Å². The van der Waals surface area contributed by atoms with Crippen LogP contribution in [0.2, 0.25) is 0 Å². The van der Waals surface area contributed by atoms with Gasteiger partial charge in [0.05, 0.1) is 0 Å². The van der Waals surface area contributed by atoms with Crippen molar-refractivity contribution < 1.29 is 0 Å². The van der Waals surface area contributed by atoms with E-state index >= 15 is 0 Å². The maximum Gasteiger partial charge on any atom is 0.0330 e. The van der Waals surface area contributed by atoms with Crippen LogP contribution in [0.15, 0.2) is 35.1 Å². The molecule has 0 bridgehead atoms. The van der Waals surface area contributed by atoms with Crippen molar-refractivity contribution in [2.24, 2.45) is 0 Å². The van der Waals surface area contributed by atoms with Gasteiger partial charge in [0.2, 0.25) is 0 Å². The Morgan fingerprint density at radius 3 is 2.43 bits per heavy atom. The van der Waals surface area contributed by atoms with E-state index in [9.17, 15) is 0 Å². The zero-order valence-corrected chi connectivity index (χ0v) is 10.1. The summed E-state index contributed by atoms with van der Waals surface area (Å²) >= 11 is 0. The van der Waals surface area contributed by atoms with E-state index in [-0.39, 0.29) is 0 Å². The Kier molecular flexibility index (Phi) is 6.91. The van der Waals surface area contributed by atoms with Crippen LogP contribution in [0.3, 0.4) is 0 Å². The predicted molar refractivity (Wildman–Crippen MR) is 65.2 cm³/mol. The van der Waals surface area contributed by atoms with Gasteiger partial charge in [-0.3, -0.25) is 0 Å². The number of allylic oxidation sites excluding steroid dienone is 4. The van der Waals surface area contributed by atoms with Gasteiger partial charge < -0.3 is 5.32 Å². The van der Waals surface area contributed by atoms with E-state index < -0.39 is 0 Å². The van der Waals surface area contributed by atoms with Gasteiger partial charge in [-0.05, 0) is 38.8 Å². The lowest BCUT2D eigenvalue weighted by Gasteiger charge is -1.97. The molecule has 0 spiro atoms. The summed E-state index contributed by atoms with van der Waals surface area (Å²) < 4.78 is 0. The largest absolute Gasteiger partial charge is 0.385 e. The topological polar surface area (TPSA) is 12.0 Å². The summed E-state index contributed by atoms with van der Waals surface area (Å²) in [6, 6.07) is 0. The number of hydrogen-bond acceptors (Lipinski definition) is 1. The average Bonchev–Trinajstić information content (AvgIpc) is 2.63. The monoisotopic (exact) mass is 193 g/mol. The van der Waals surface area contributed by atoms with Crippen molar-refractivity contribution in [3.8, 4) is 0 Å². The Balaban J connectivity index is 0.000000791. The number of nitrogens with one attached hydrogen (secondary N) is 1. The van der Waals surface area contributed by atoms with Gasteiger partial charge in [0.25, 0.3) is 0 Å². The number of rotatable bonds is 2. The second-order valence-electron chi connectivity index (χ2n) is 3.24. The molecule has 0 aromatic heterocycles. The first-order chi connectivity index (χ1) is 6.74. The fourth-order valence-electron chi connectivity index (χ4n) is 1.18. The van der Waals surface area contributed by atoms with Crippen LogP contribution in [0.5, 0.6) is 0 Å². The van der Waals surface area contributed by atoms with Crippen LogP contribution < -0.4 is 5.32 Å². The highest BCUT2D eigenvalue weighted by molar-refractivity contribution is 5.31. The molecule has 1 heteroatoms. The molecule has 0 atom stereocenters. The molecule has 0 fully saturated rings. The average molecular weight is 193 g/mol. The summed E-state index contributed by atoms with van der Waals surface area (Å²) in [5.74, 6) is 0. The van der Waals surface area contributed by atoms with Crippen LogP contribution in [-0.2, 0) is 0 Å². The van der Waals surface area contributed by atoms with Crippen LogP contribution in [0, 0.1) is 0 Å². The Morgan fingerprint density at radius 2 is 2.00 bits per heavy atom. The smallest absolute Gasteiger partial charge is 0.0330 e. The lowest BCUT2D eigenvalue weighted by Crippen LogP contribution is -2.04. The minimum Gasteiger partial charge on any atom is -0.385 e. The standard InChI is InChI=1S/C11H17N.C2H6/c1-4-9(2)5-6-11-10(3)7-8-12-11;1-2/h4-6,12H,7-8H2,1-3H3;1-2H3/b6-5-,9-4-;. The van der Waals surface area contributed by atoms with Gasteiger partial charge in [-0.25, -0.2) is 0 Å². The van der Waals surface area contributed by atoms with Crippen LogP contribution in [0.1, 0.15) is 41.0 Å². The SMILES string of the molecule is C/C=C(C)\C=C/C1=C(C)CCN1.CC. The summed E-state index contributed by atoms with van der Waals surface area (Å²) in [5.41, 5.74) is 4.08. The van der Waals surface area contributed by atoms with Gasteiger partial charge >= 0.3 is 0 Å². The van der Waals surface area contributed by atoms with E-state index in [1.54, 1.807) is 0 Å². The first kappa shape index (κ1) is 13.0. The molecule has 0 saturated heterocycles. The maximum absolute atomic E-state index is 3.35. The summed E-state index contributed by atoms with van der Waals surface area (Å²) in [6.45, 7) is 11.5. The third kappa shape index (κ3) is 4.31. The molecule has 0 saturated carbocycles. The predicted octanol–water partition coefficient (Wildman–Crippen LogP) is 3.80. The minimum absolute atomic E-state index is 1.10. The van der Waals surface area contributed by atoms with Crippen molar-refractivity contribution in [2.75, 3.05) is 6.54 Å². The van der Waals surface area contributed by atoms with Gasteiger partial charge in [0.1, 0.15) is 0 Å². The van der Waals surface area contributed by atoms with Crippen molar-refractivity contribution in [1.29, 1.82) is 0 Å². The first-order valence-electron chi connectivity index (χ1n) is 5.48. The van der Waals surface area contributed by atoms with Gasteiger partial charge in [0, 0.05) is 12.2 Å². The van der Waals surface area contributed by atoms with E-state index in [2.05, 4.69) is 44.3 Å². The molecule has 80 valence electrons. The Morgan fingerprint density at radius 1 is 1.36 bits per heavy atom. The quantitative estimate of drug-likeness (QED) is 0.658. The van der Waals surface area contributed by atoms with Gasteiger partial charge in [-0.2, -0.15) is 0 Å². The molecular weight excluding hydrogens is 170 g/mol. The first-order valence-corrected chi connectivity index (χ1v) is 5.48. The fraction of sp³-hybridized carbons (Fsp3) is 0.538. The molecule has 1 rings (SSSR count). The molecule has 1 N–H and O–H groups in total. The highest BCUT2D eigenvalue weighted by atomic mass is 14.9. The van der Waals surface area contributed by atoms with Gasteiger partial charge in [0.15, 0.2) is 0 Å². The van der Waals surface area contributed by atoms with Crippen molar-refractivity contribution in [3.63, 3.8) is 0 Å². The maximum atomic E-state index is 3.35. The molecule has 0 amide bonds. The van der Waals surface area contributed by atoms with Gasteiger partial charge in [-0.15, -0.1) is 0 Å². The minimum atomic E-state index is 1.10. The zero-order valence-electron chi connectivity index (χ0n) is 10.1. The third-order valence-electron chi connectivity index (χ3n) is 2.24. The zero-order chi connectivity index (χ0) is 11.0. The van der Waals surface area contributed by atoms with Crippen molar-refractivity contribution in [2.45, 2.75) is 41.0 Å². The molecule has 1 aliphatic heterocycles. The van der Waals surface area contributed by atoms with E-state index in [1.165, 1.54) is 23.3 Å². The second-order valence-corrected chi connectivity index (χ2v) is 3.24. The van der Waals surface area contributed by atoms with Crippen LogP contribution >= 0.6 is 0 Å². The molecule has 1 heterocycles. The van der Waals surface area contributed by atoms with Crippen LogP contribution in [0.4, 0.5) is 0 Å². The molecule has 0 aliphatic carbocycles. The summed E-state index contributed by atoms with van der Waals surface area (Å²) in [4.78, 5) is 0.